The number of unbranched alkanes of at least 4 members (excludes halogenated alkanes) is 1. The van der Waals surface area contributed by atoms with Gasteiger partial charge in [0, 0.05) is 32.0 Å². The number of alkyl carbamates (subject to hydrolysis) is 1. The normalized spacial score (nSPS) is 18.9. The molecule has 2 aliphatic rings. The molecule has 2 aromatic rings. The molecule has 34 heavy (non-hydrogen) atoms. The molecule has 1 fully saturated rings. The van der Waals surface area contributed by atoms with Crippen LogP contribution in [-0.2, 0) is 14.3 Å². The van der Waals surface area contributed by atoms with Gasteiger partial charge in [-0.1, -0.05) is 55.5 Å². The molecular formula is C27H32N2O5. The highest BCUT2D eigenvalue weighted by Crippen LogP contribution is 2.44. The third kappa shape index (κ3) is 5.41. The van der Waals surface area contributed by atoms with Crippen LogP contribution in [0.25, 0.3) is 11.1 Å². The molecule has 180 valence electrons. The first kappa shape index (κ1) is 23.8. The predicted molar refractivity (Wildman–Crippen MR) is 128 cm³/mol. The van der Waals surface area contributed by atoms with Gasteiger partial charge in [0.05, 0.1) is 6.42 Å². The number of ether oxygens (including phenoxy) is 1. The molecule has 0 radical (unpaired) electrons. The van der Waals surface area contributed by atoms with E-state index in [0.29, 0.717) is 38.9 Å². The zero-order valence-corrected chi connectivity index (χ0v) is 19.5. The maximum Gasteiger partial charge on any atom is 0.407 e. The Morgan fingerprint density at radius 1 is 1.00 bits per heavy atom. The van der Waals surface area contributed by atoms with Crippen molar-refractivity contribution in [3.63, 3.8) is 0 Å². The number of amides is 2. The first-order chi connectivity index (χ1) is 16.4. The molecule has 2 aromatic carbocycles. The van der Waals surface area contributed by atoms with E-state index in [1.807, 2.05) is 31.2 Å². The molecule has 1 saturated heterocycles. The lowest BCUT2D eigenvalue weighted by Gasteiger charge is -2.16. The van der Waals surface area contributed by atoms with Crippen LogP contribution in [0.3, 0.4) is 0 Å². The number of carbonyl (C=O) groups is 3. The maximum atomic E-state index is 12.4. The zero-order chi connectivity index (χ0) is 24.1. The van der Waals surface area contributed by atoms with Crippen molar-refractivity contribution < 1.29 is 24.2 Å². The Labute approximate surface area is 200 Å². The van der Waals surface area contributed by atoms with Gasteiger partial charge in [0.15, 0.2) is 0 Å². The Morgan fingerprint density at radius 2 is 1.65 bits per heavy atom. The van der Waals surface area contributed by atoms with Crippen LogP contribution in [0.15, 0.2) is 48.5 Å². The van der Waals surface area contributed by atoms with E-state index in [9.17, 15) is 14.4 Å². The predicted octanol–water partition coefficient (Wildman–Crippen LogP) is 4.26. The number of nitrogens with zero attached hydrogens (tertiary/aromatic N) is 1. The summed E-state index contributed by atoms with van der Waals surface area (Å²) in [6.45, 7) is 3.86. The van der Waals surface area contributed by atoms with Crippen molar-refractivity contribution in [3.05, 3.63) is 59.7 Å². The van der Waals surface area contributed by atoms with Gasteiger partial charge in [-0.05, 0) is 46.9 Å². The second kappa shape index (κ2) is 10.7. The van der Waals surface area contributed by atoms with Gasteiger partial charge in [-0.2, -0.15) is 0 Å². The lowest BCUT2D eigenvalue weighted by molar-refractivity contribution is -0.138. The number of hydrogen-bond acceptors (Lipinski definition) is 4. The standard InChI is InChI=1S/C27H32N2O5/c1-18-15-29(16-19(18)14-26(31)32)25(30)12-6-7-13-28-27(33)34-17-24-22-10-4-2-8-20(22)21-9-3-5-11-23(21)24/h2-5,8-11,18-19,24H,6-7,12-17H2,1H3,(H,28,33)(H,31,32). The summed E-state index contributed by atoms with van der Waals surface area (Å²) < 4.78 is 5.53. The zero-order valence-electron chi connectivity index (χ0n) is 19.5. The number of likely N-dealkylation sites (tertiary alicyclic amines) is 1. The number of aliphatic carboxylic acids is 1. The molecule has 2 amide bonds. The Bertz CT molecular complexity index is 1010. The van der Waals surface area contributed by atoms with E-state index in [1.165, 1.54) is 22.3 Å². The highest BCUT2D eigenvalue weighted by Gasteiger charge is 2.33. The quantitative estimate of drug-likeness (QED) is 0.541. The Morgan fingerprint density at radius 3 is 2.29 bits per heavy atom. The third-order valence-electron chi connectivity index (χ3n) is 6.99. The molecule has 1 aliphatic carbocycles. The number of rotatable bonds is 9. The molecule has 0 bridgehead atoms. The van der Waals surface area contributed by atoms with Crippen molar-refractivity contribution in [3.8, 4) is 11.1 Å². The molecule has 7 heteroatoms. The van der Waals surface area contributed by atoms with E-state index >= 15 is 0 Å². The molecule has 1 aliphatic heterocycles. The van der Waals surface area contributed by atoms with Crippen LogP contribution in [0, 0.1) is 11.8 Å². The van der Waals surface area contributed by atoms with E-state index < -0.39 is 12.1 Å². The summed E-state index contributed by atoms with van der Waals surface area (Å²) in [5.74, 6) is -0.498. The number of carbonyl (C=O) groups excluding carboxylic acids is 2. The van der Waals surface area contributed by atoms with Gasteiger partial charge in [0.1, 0.15) is 6.61 Å². The topological polar surface area (TPSA) is 95.9 Å². The summed E-state index contributed by atoms with van der Waals surface area (Å²) in [7, 11) is 0. The lowest BCUT2D eigenvalue weighted by atomic mass is 9.95. The number of nitrogens with one attached hydrogen (secondary N) is 1. The molecular weight excluding hydrogens is 432 g/mol. The van der Waals surface area contributed by atoms with E-state index in [0.717, 1.165) is 0 Å². The van der Waals surface area contributed by atoms with Crippen LogP contribution in [-0.4, -0.2) is 54.2 Å². The van der Waals surface area contributed by atoms with Crippen molar-refractivity contribution in [1.29, 1.82) is 0 Å². The van der Waals surface area contributed by atoms with Gasteiger partial charge in [0.25, 0.3) is 0 Å². The van der Waals surface area contributed by atoms with Gasteiger partial charge < -0.3 is 20.1 Å². The van der Waals surface area contributed by atoms with Gasteiger partial charge in [-0.25, -0.2) is 4.79 Å². The van der Waals surface area contributed by atoms with Crippen LogP contribution in [0.2, 0.25) is 0 Å². The van der Waals surface area contributed by atoms with Crippen LogP contribution in [0.4, 0.5) is 4.79 Å². The monoisotopic (exact) mass is 464 g/mol. The first-order valence-corrected chi connectivity index (χ1v) is 12.0. The fraction of sp³-hybridized carbons (Fsp3) is 0.444. The highest BCUT2D eigenvalue weighted by molar-refractivity contribution is 5.79. The molecule has 2 atom stereocenters. The van der Waals surface area contributed by atoms with Gasteiger partial charge in [-0.15, -0.1) is 0 Å². The smallest absolute Gasteiger partial charge is 0.407 e. The van der Waals surface area contributed by atoms with Crippen molar-refractivity contribution in [2.24, 2.45) is 11.8 Å². The Balaban J connectivity index is 1.16. The largest absolute Gasteiger partial charge is 0.481 e. The summed E-state index contributed by atoms with van der Waals surface area (Å²) in [5, 5.41) is 11.8. The summed E-state index contributed by atoms with van der Waals surface area (Å²) >= 11 is 0. The summed E-state index contributed by atoms with van der Waals surface area (Å²) in [5.41, 5.74) is 4.74. The van der Waals surface area contributed by atoms with Crippen molar-refractivity contribution >= 4 is 18.0 Å². The molecule has 0 spiro atoms. The highest BCUT2D eigenvalue weighted by atomic mass is 16.5. The van der Waals surface area contributed by atoms with E-state index in [-0.39, 0.29) is 36.7 Å². The fourth-order valence-electron chi connectivity index (χ4n) is 5.13. The number of carboxylic acid groups (broad SMARTS) is 1. The Kier molecular flexibility index (Phi) is 7.50. The summed E-state index contributed by atoms with van der Waals surface area (Å²) in [6, 6.07) is 16.4. The summed E-state index contributed by atoms with van der Waals surface area (Å²) in [6.07, 6.45) is 1.40. The second-order valence-electron chi connectivity index (χ2n) is 9.34. The average molecular weight is 465 g/mol. The first-order valence-electron chi connectivity index (χ1n) is 12.0. The van der Waals surface area contributed by atoms with Crippen LogP contribution >= 0.6 is 0 Å². The molecule has 4 rings (SSSR count). The number of carboxylic acids is 1. The number of benzene rings is 2. The van der Waals surface area contributed by atoms with E-state index in [1.54, 1.807) is 4.90 Å². The van der Waals surface area contributed by atoms with Crippen molar-refractivity contribution in [2.75, 3.05) is 26.2 Å². The van der Waals surface area contributed by atoms with Gasteiger partial charge in [0.2, 0.25) is 5.91 Å². The minimum Gasteiger partial charge on any atom is -0.481 e. The minimum atomic E-state index is -0.814. The van der Waals surface area contributed by atoms with E-state index in [2.05, 4.69) is 29.6 Å². The number of fused-ring (bicyclic) bond motifs is 3. The summed E-state index contributed by atoms with van der Waals surface area (Å²) in [4.78, 5) is 37.4. The fourth-order valence-corrected chi connectivity index (χ4v) is 5.13. The van der Waals surface area contributed by atoms with Gasteiger partial charge >= 0.3 is 12.1 Å². The maximum absolute atomic E-state index is 12.4. The van der Waals surface area contributed by atoms with Crippen LogP contribution in [0.5, 0.6) is 0 Å². The van der Waals surface area contributed by atoms with Crippen LogP contribution in [0.1, 0.15) is 49.7 Å². The molecule has 0 saturated carbocycles. The minimum absolute atomic E-state index is 0.0247. The SMILES string of the molecule is CC1CN(C(=O)CCCCNC(=O)OCC2c3ccccc3-c3ccccc32)CC1CC(=O)O. The lowest BCUT2D eigenvalue weighted by Crippen LogP contribution is -2.29. The molecule has 7 nitrogen and oxygen atoms in total. The second-order valence-corrected chi connectivity index (χ2v) is 9.34. The van der Waals surface area contributed by atoms with Crippen molar-refractivity contribution in [1.82, 2.24) is 10.2 Å². The Hall–Kier alpha value is -3.35. The third-order valence-corrected chi connectivity index (χ3v) is 6.99. The van der Waals surface area contributed by atoms with E-state index in [4.69, 9.17) is 9.84 Å². The van der Waals surface area contributed by atoms with Crippen molar-refractivity contribution in [2.45, 2.75) is 38.5 Å². The van der Waals surface area contributed by atoms with Gasteiger partial charge in [-0.3, -0.25) is 9.59 Å². The van der Waals surface area contributed by atoms with Crippen LogP contribution < -0.4 is 5.32 Å². The molecule has 0 aromatic heterocycles. The number of hydrogen-bond donors (Lipinski definition) is 2. The average Bonchev–Trinajstić information content (AvgIpc) is 3.34. The molecule has 1 heterocycles. The molecule has 2 N–H and O–H groups in total. The molecule has 2 unspecified atom stereocenters.